The summed E-state index contributed by atoms with van der Waals surface area (Å²) in [5, 5.41) is 0. The van der Waals surface area contributed by atoms with Gasteiger partial charge in [0.2, 0.25) is 0 Å². The Bertz CT molecular complexity index is 758. The van der Waals surface area contributed by atoms with Crippen LogP contribution in [0.4, 0.5) is 0 Å². The van der Waals surface area contributed by atoms with Crippen molar-refractivity contribution in [1.82, 2.24) is 0 Å². The summed E-state index contributed by atoms with van der Waals surface area (Å²) in [5.41, 5.74) is 6.30. The standard InChI is InChI=1S/C19H22NO3/c1-22-18-10-12-8-9-20-15-4-3-5-17(21)13(15)6-7-16(20)14(12)11-19(18)23-2/h10-11H,3-9H2,1-2H3/q+1. The number of Topliss-reactive ketones (excluding diaryl/α,β-unsaturated/α-hetero) is 1. The van der Waals surface area contributed by atoms with Crippen LogP contribution in [0, 0.1) is 0 Å². The lowest BCUT2D eigenvalue weighted by Gasteiger charge is -2.27. The van der Waals surface area contributed by atoms with Gasteiger partial charge < -0.3 is 9.47 Å². The molecule has 120 valence electrons. The van der Waals surface area contributed by atoms with Gasteiger partial charge in [-0.05, 0) is 30.5 Å². The van der Waals surface area contributed by atoms with E-state index in [1.165, 1.54) is 22.5 Å². The molecule has 0 fully saturated rings. The van der Waals surface area contributed by atoms with Crippen LogP contribution in [0.5, 0.6) is 11.5 Å². The average Bonchev–Trinajstić information content (AvgIpc) is 2.60. The maximum absolute atomic E-state index is 12.2. The van der Waals surface area contributed by atoms with E-state index in [1.54, 1.807) is 14.2 Å². The molecule has 0 bridgehead atoms. The van der Waals surface area contributed by atoms with E-state index >= 15 is 0 Å². The Morgan fingerprint density at radius 1 is 0.957 bits per heavy atom. The van der Waals surface area contributed by atoms with E-state index in [0.717, 1.165) is 62.1 Å². The first-order valence-corrected chi connectivity index (χ1v) is 8.36. The van der Waals surface area contributed by atoms with E-state index in [2.05, 4.69) is 16.7 Å². The molecule has 4 nitrogen and oxygen atoms in total. The highest BCUT2D eigenvalue weighted by Gasteiger charge is 2.38. The topological polar surface area (TPSA) is 38.5 Å². The number of fused-ring (bicyclic) bond motifs is 3. The zero-order chi connectivity index (χ0) is 16.0. The van der Waals surface area contributed by atoms with Gasteiger partial charge in [0.15, 0.2) is 35.2 Å². The number of methoxy groups -OCH3 is 2. The zero-order valence-corrected chi connectivity index (χ0v) is 13.8. The van der Waals surface area contributed by atoms with Crippen molar-refractivity contribution in [2.45, 2.75) is 38.5 Å². The van der Waals surface area contributed by atoms with Crippen LogP contribution in [0.1, 0.15) is 43.2 Å². The first kappa shape index (κ1) is 14.5. The second-order valence-corrected chi connectivity index (χ2v) is 6.41. The van der Waals surface area contributed by atoms with Gasteiger partial charge >= 0.3 is 0 Å². The van der Waals surface area contributed by atoms with E-state index in [1.807, 2.05) is 0 Å². The second-order valence-electron chi connectivity index (χ2n) is 6.41. The summed E-state index contributed by atoms with van der Waals surface area (Å²) < 4.78 is 13.3. The smallest absolute Gasteiger partial charge is 0.189 e. The Balaban J connectivity index is 1.86. The minimum absolute atomic E-state index is 0.364. The highest BCUT2D eigenvalue weighted by Crippen LogP contribution is 2.37. The first-order chi connectivity index (χ1) is 11.2. The molecule has 3 aliphatic rings. The molecular weight excluding hydrogens is 290 g/mol. The van der Waals surface area contributed by atoms with Crippen LogP contribution in [-0.2, 0) is 11.2 Å². The number of ether oxygens (including phenoxy) is 2. The molecule has 0 spiro atoms. The van der Waals surface area contributed by atoms with Crippen molar-refractivity contribution in [3.8, 4) is 11.5 Å². The number of ketones is 1. The Morgan fingerprint density at radius 2 is 1.74 bits per heavy atom. The molecule has 0 N–H and O–H groups in total. The van der Waals surface area contributed by atoms with Crippen molar-refractivity contribution in [3.63, 3.8) is 0 Å². The number of hydrogen-bond acceptors (Lipinski definition) is 3. The highest BCUT2D eigenvalue weighted by atomic mass is 16.5. The van der Waals surface area contributed by atoms with Crippen molar-refractivity contribution >= 4 is 11.5 Å². The van der Waals surface area contributed by atoms with E-state index in [0.29, 0.717) is 5.78 Å². The number of nitrogens with zero attached hydrogens (tertiary/aromatic N) is 1. The summed E-state index contributed by atoms with van der Waals surface area (Å²) in [5.74, 6) is 1.94. The van der Waals surface area contributed by atoms with E-state index in [4.69, 9.17) is 9.47 Å². The molecule has 1 aliphatic carbocycles. The number of benzene rings is 1. The number of carbonyl (C=O) groups is 1. The Labute approximate surface area is 136 Å². The van der Waals surface area contributed by atoms with Gasteiger partial charge in [-0.25, -0.2) is 0 Å². The fraction of sp³-hybridized carbons (Fsp3) is 0.474. The van der Waals surface area contributed by atoms with Crippen molar-refractivity contribution in [2.75, 3.05) is 20.8 Å². The Hall–Kier alpha value is -2.10. The van der Waals surface area contributed by atoms with Crippen molar-refractivity contribution in [3.05, 3.63) is 34.5 Å². The zero-order valence-electron chi connectivity index (χ0n) is 13.8. The highest BCUT2D eigenvalue weighted by molar-refractivity contribution is 6.03. The quantitative estimate of drug-likeness (QED) is 0.788. The van der Waals surface area contributed by atoms with Gasteiger partial charge in [-0.1, -0.05) is 0 Å². The van der Waals surface area contributed by atoms with Crippen LogP contribution >= 0.6 is 0 Å². The molecule has 0 aromatic heterocycles. The van der Waals surface area contributed by atoms with Crippen LogP contribution < -0.4 is 9.47 Å². The molecule has 0 saturated carbocycles. The van der Waals surface area contributed by atoms with Gasteiger partial charge in [-0.3, -0.25) is 4.79 Å². The molecule has 1 aromatic carbocycles. The summed E-state index contributed by atoms with van der Waals surface area (Å²) in [6.45, 7) is 0.962. The number of rotatable bonds is 2. The van der Waals surface area contributed by atoms with Gasteiger partial charge in [0.05, 0.1) is 19.8 Å². The molecule has 0 radical (unpaired) electrons. The molecule has 0 unspecified atom stereocenters. The summed E-state index contributed by atoms with van der Waals surface area (Å²) in [6, 6.07) is 4.21. The van der Waals surface area contributed by atoms with Crippen LogP contribution in [0.25, 0.3) is 0 Å². The number of carbonyl (C=O) groups excluding carboxylic acids is 1. The lowest BCUT2D eigenvalue weighted by molar-refractivity contribution is -0.485. The Kier molecular flexibility index (Phi) is 3.47. The van der Waals surface area contributed by atoms with Crippen LogP contribution in [0.3, 0.4) is 0 Å². The Morgan fingerprint density at radius 3 is 2.52 bits per heavy atom. The van der Waals surface area contributed by atoms with Gasteiger partial charge in [0.1, 0.15) is 0 Å². The van der Waals surface area contributed by atoms with E-state index < -0.39 is 0 Å². The van der Waals surface area contributed by atoms with Crippen LogP contribution in [0.2, 0.25) is 0 Å². The average molecular weight is 312 g/mol. The van der Waals surface area contributed by atoms with Gasteiger partial charge in [0, 0.05) is 31.2 Å². The van der Waals surface area contributed by atoms with Crippen molar-refractivity contribution < 1.29 is 18.8 Å². The van der Waals surface area contributed by atoms with Gasteiger partial charge in [-0.15, -0.1) is 0 Å². The third-order valence-electron chi connectivity index (χ3n) is 5.29. The molecule has 1 aromatic rings. The number of hydrogen-bond donors (Lipinski definition) is 0. The predicted octanol–water partition coefficient (Wildman–Crippen LogP) is 2.86. The molecule has 2 heterocycles. The van der Waals surface area contributed by atoms with Crippen molar-refractivity contribution in [2.24, 2.45) is 0 Å². The largest absolute Gasteiger partial charge is 0.493 e. The molecule has 4 heteroatoms. The third kappa shape index (κ3) is 2.19. The summed E-state index contributed by atoms with van der Waals surface area (Å²) >= 11 is 0. The normalized spacial score (nSPS) is 20.0. The van der Waals surface area contributed by atoms with Gasteiger partial charge in [0.25, 0.3) is 0 Å². The molecule has 4 rings (SSSR count). The predicted molar refractivity (Wildman–Crippen MR) is 87.6 cm³/mol. The fourth-order valence-corrected chi connectivity index (χ4v) is 4.18. The fourth-order valence-electron chi connectivity index (χ4n) is 4.18. The van der Waals surface area contributed by atoms with Gasteiger partial charge in [-0.2, -0.15) is 4.58 Å². The van der Waals surface area contributed by atoms with E-state index in [-0.39, 0.29) is 0 Å². The minimum atomic E-state index is 0.364. The molecular formula is C19H22NO3+. The SMILES string of the molecule is COc1cc2c(cc1OC)C1=[N+](CC2)C2=C(CC1)C(=O)CCC2. The van der Waals surface area contributed by atoms with Crippen molar-refractivity contribution in [1.29, 1.82) is 0 Å². The molecule has 0 atom stereocenters. The molecule has 0 amide bonds. The molecule has 2 aliphatic heterocycles. The van der Waals surface area contributed by atoms with E-state index in [9.17, 15) is 4.79 Å². The number of allylic oxidation sites excluding steroid dienone is 2. The maximum atomic E-state index is 12.2. The lowest BCUT2D eigenvalue weighted by atomic mass is 9.84. The second kappa shape index (κ2) is 5.52. The third-order valence-corrected chi connectivity index (χ3v) is 5.29. The first-order valence-electron chi connectivity index (χ1n) is 8.36. The molecule has 23 heavy (non-hydrogen) atoms. The maximum Gasteiger partial charge on any atom is 0.189 e. The monoisotopic (exact) mass is 312 g/mol. The minimum Gasteiger partial charge on any atom is -0.493 e. The summed E-state index contributed by atoms with van der Waals surface area (Å²) in [4.78, 5) is 12.2. The summed E-state index contributed by atoms with van der Waals surface area (Å²) in [7, 11) is 3.36. The molecule has 0 saturated heterocycles. The van der Waals surface area contributed by atoms with Crippen LogP contribution in [0.15, 0.2) is 23.4 Å². The van der Waals surface area contributed by atoms with Crippen LogP contribution in [-0.4, -0.2) is 36.8 Å². The summed E-state index contributed by atoms with van der Waals surface area (Å²) in [6.07, 6.45) is 5.54. The lowest BCUT2D eigenvalue weighted by Crippen LogP contribution is -2.35.